The van der Waals surface area contributed by atoms with Crippen LogP contribution in [0.5, 0.6) is 0 Å². The van der Waals surface area contributed by atoms with Gasteiger partial charge in [0.25, 0.3) is 5.91 Å². The molecule has 0 radical (unpaired) electrons. The van der Waals surface area contributed by atoms with Crippen molar-refractivity contribution >= 4 is 11.6 Å². The second kappa shape index (κ2) is 6.04. The molecule has 0 saturated heterocycles. The molecule has 4 heteroatoms. The normalized spacial score (nSPS) is 14.3. The highest BCUT2D eigenvalue weighted by Gasteiger charge is 2.28. The first kappa shape index (κ1) is 13.8. The maximum Gasteiger partial charge on any atom is 0.256 e. The number of nitrogens with one attached hydrogen (secondary N) is 1. The maximum atomic E-state index is 13.7. The average Bonchev–Trinajstić information content (AvgIpc) is 3.21. The molecule has 0 unspecified atom stereocenters. The van der Waals surface area contributed by atoms with Crippen molar-refractivity contribution in [1.29, 1.82) is 0 Å². The highest BCUT2D eigenvalue weighted by atomic mass is 19.1. The van der Waals surface area contributed by atoms with E-state index < -0.39 is 0 Å². The lowest BCUT2D eigenvalue weighted by Gasteiger charge is -2.23. The fourth-order valence-electron chi connectivity index (χ4n) is 2.28. The Morgan fingerprint density at radius 3 is 2.79 bits per heavy atom. The zero-order chi connectivity index (χ0) is 13.8. The number of carbonyl (C=O) groups excluding carboxylic acids is 1. The van der Waals surface area contributed by atoms with Gasteiger partial charge in [0.05, 0.1) is 11.3 Å². The molecular formula is C15H21FN2O. The standard InChI is InChI=1S/C15H21FN2O/c1-3-9-18(10-11-7-8-11)15(19)12-5-4-6-13(16)14(12)17-2/h4-6,11,17H,3,7-10H2,1-2H3. The van der Waals surface area contributed by atoms with Crippen LogP contribution in [0, 0.1) is 11.7 Å². The van der Waals surface area contributed by atoms with Gasteiger partial charge in [0.15, 0.2) is 0 Å². The van der Waals surface area contributed by atoms with E-state index in [-0.39, 0.29) is 11.7 Å². The molecule has 1 aliphatic carbocycles. The Bertz CT molecular complexity index is 457. The number of amides is 1. The number of carbonyl (C=O) groups is 1. The molecular weight excluding hydrogens is 243 g/mol. The van der Waals surface area contributed by atoms with E-state index in [9.17, 15) is 9.18 Å². The summed E-state index contributed by atoms with van der Waals surface area (Å²) in [6.07, 6.45) is 3.33. The van der Waals surface area contributed by atoms with Crippen LogP contribution < -0.4 is 5.32 Å². The lowest BCUT2D eigenvalue weighted by molar-refractivity contribution is 0.0748. The summed E-state index contributed by atoms with van der Waals surface area (Å²) >= 11 is 0. The lowest BCUT2D eigenvalue weighted by Crippen LogP contribution is -2.34. The van der Waals surface area contributed by atoms with Crippen LogP contribution in [0.3, 0.4) is 0 Å². The van der Waals surface area contributed by atoms with Gasteiger partial charge in [0, 0.05) is 20.1 Å². The molecule has 3 nitrogen and oxygen atoms in total. The van der Waals surface area contributed by atoms with Gasteiger partial charge >= 0.3 is 0 Å². The van der Waals surface area contributed by atoms with Gasteiger partial charge < -0.3 is 10.2 Å². The molecule has 19 heavy (non-hydrogen) atoms. The Morgan fingerprint density at radius 2 is 2.21 bits per heavy atom. The molecule has 0 heterocycles. The number of rotatable bonds is 6. The topological polar surface area (TPSA) is 32.3 Å². The first-order valence-corrected chi connectivity index (χ1v) is 6.93. The highest BCUT2D eigenvalue weighted by molar-refractivity contribution is 5.99. The third-order valence-corrected chi connectivity index (χ3v) is 3.45. The fourth-order valence-corrected chi connectivity index (χ4v) is 2.28. The molecule has 1 amide bonds. The molecule has 1 N–H and O–H groups in total. The second-order valence-corrected chi connectivity index (χ2v) is 5.11. The fraction of sp³-hybridized carbons (Fsp3) is 0.533. The number of benzene rings is 1. The largest absolute Gasteiger partial charge is 0.385 e. The Labute approximate surface area is 113 Å². The molecule has 0 bridgehead atoms. The summed E-state index contributed by atoms with van der Waals surface area (Å²) in [5, 5.41) is 2.79. The molecule has 0 atom stereocenters. The quantitative estimate of drug-likeness (QED) is 0.856. The third kappa shape index (κ3) is 3.25. The first-order chi connectivity index (χ1) is 9.17. The minimum Gasteiger partial charge on any atom is -0.385 e. The van der Waals surface area contributed by atoms with Crippen LogP contribution in [0.15, 0.2) is 18.2 Å². The van der Waals surface area contributed by atoms with E-state index in [0.717, 1.165) is 19.5 Å². The summed E-state index contributed by atoms with van der Waals surface area (Å²) < 4.78 is 13.7. The minimum atomic E-state index is -0.378. The van der Waals surface area contributed by atoms with Crippen LogP contribution in [-0.4, -0.2) is 30.9 Å². The highest BCUT2D eigenvalue weighted by Crippen LogP contribution is 2.31. The van der Waals surface area contributed by atoms with Crippen LogP contribution >= 0.6 is 0 Å². The Hall–Kier alpha value is -1.58. The molecule has 1 aromatic carbocycles. The number of para-hydroxylation sites is 1. The average molecular weight is 264 g/mol. The Balaban J connectivity index is 2.22. The van der Waals surface area contributed by atoms with E-state index in [1.165, 1.54) is 18.9 Å². The predicted octanol–water partition coefficient (Wildman–Crippen LogP) is 3.13. The lowest BCUT2D eigenvalue weighted by atomic mass is 10.1. The zero-order valence-electron chi connectivity index (χ0n) is 11.6. The number of hydrogen-bond acceptors (Lipinski definition) is 2. The van der Waals surface area contributed by atoms with Crippen molar-refractivity contribution in [3.8, 4) is 0 Å². The van der Waals surface area contributed by atoms with E-state index in [4.69, 9.17) is 0 Å². The molecule has 1 fully saturated rings. The van der Waals surface area contributed by atoms with Crippen molar-refractivity contribution in [2.45, 2.75) is 26.2 Å². The van der Waals surface area contributed by atoms with Crippen LogP contribution in [0.2, 0.25) is 0 Å². The van der Waals surface area contributed by atoms with Crippen molar-refractivity contribution in [3.63, 3.8) is 0 Å². The molecule has 0 spiro atoms. The van der Waals surface area contributed by atoms with Crippen LogP contribution in [0.4, 0.5) is 10.1 Å². The van der Waals surface area contributed by atoms with E-state index in [1.807, 2.05) is 4.90 Å². The van der Waals surface area contributed by atoms with Gasteiger partial charge in [-0.15, -0.1) is 0 Å². The molecule has 0 aromatic heterocycles. The Kier molecular flexibility index (Phi) is 4.40. The van der Waals surface area contributed by atoms with Crippen molar-refractivity contribution in [3.05, 3.63) is 29.6 Å². The SMILES string of the molecule is CCCN(CC1CC1)C(=O)c1cccc(F)c1NC. The minimum absolute atomic E-state index is 0.0717. The summed E-state index contributed by atoms with van der Waals surface area (Å²) in [5.74, 6) is 0.191. The summed E-state index contributed by atoms with van der Waals surface area (Å²) in [7, 11) is 1.64. The monoisotopic (exact) mass is 264 g/mol. The molecule has 0 aliphatic heterocycles. The van der Waals surface area contributed by atoms with Crippen LogP contribution in [0.1, 0.15) is 36.5 Å². The van der Waals surface area contributed by atoms with Crippen molar-refractivity contribution < 1.29 is 9.18 Å². The smallest absolute Gasteiger partial charge is 0.256 e. The summed E-state index contributed by atoms with van der Waals surface area (Å²) in [5.41, 5.74) is 0.723. The zero-order valence-corrected chi connectivity index (χ0v) is 11.6. The number of hydrogen-bond donors (Lipinski definition) is 1. The van der Waals surface area contributed by atoms with Gasteiger partial charge in [-0.2, -0.15) is 0 Å². The van der Waals surface area contributed by atoms with Crippen molar-refractivity contribution in [2.24, 2.45) is 5.92 Å². The van der Waals surface area contributed by atoms with E-state index in [0.29, 0.717) is 17.2 Å². The van der Waals surface area contributed by atoms with Gasteiger partial charge in [-0.1, -0.05) is 13.0 Å². The van der Waals surface area contributed by atoms with E-state index in [1.54, 1.807) is 19.2 Å². The van der Waals surface area contributed by atoms with Gasteiger partial charge in [0.1, 0.15) is 5.82 Å². The van der Waals surface area contributed by atoms with Crippen LogP contribution in [-0.2, 0) is 0 Å². The van der Waals surface area contributed by atoms with E-state index in [2.05, 4.69) is 12.2 Å². The first-order valence-electron chi connectivity index (χ1n) is 6.93. The number of nitrogens with zero attached hydrogens (tertiary/aromatic N) is 1. The van der Waals surface area contributed by atoms with Gasteiger partial charge in [-0.05, 0) is 37.3 Å². The Morgan fingerprint density at radius 1 is 1.47 bits per heavy atom. The molecule has 1 saturated carbocycles. The number of halogens is 1. The molecule has 1 aliphatic rings. The number of anilines is 1. The van der Waals surface area contributed by atoms with E-state index >= 15 is 0 Å². The second-order valence-electron chi connectivity index (χ2n) is 5.11. The maximum absolute atomic E-state index is 13.7. The van der Waals surface area contributed by atoms with Gasteiger partial charge in [0.2, 0.25) is 0 Å². The molecule has 2 rings (SSSR count). The third-order valence-electron chi connectivity index (χ3n) is 3.45. The van der Waals surface area contributed by atoms with Crippen molar-refractivity contribution in [1.82, 2.24) is 4.90 Å². The van der Waals surface area contributed by atoms with Gasteiger partial charge in [-0.25, -0.2) is 4.39 Å². The molecule has 104 valence electrons. The predicted molar refractivity (Wildman–Crippen MR) is 74.9 cm³/mol. The van der Waals surface area contributed by atoms with Crippen molar-refractivity contribution in [2.75, 3.05) is 25.5 Å². The summed E-state index contributed by atoms with van der Waals surface area (Å²) in [4.78, 5) is 14.4. The molecule has 1 aromatic rings. The van der Waals surface area contributed by atoms with Gasteiger partial charge in [-0.3, -0.25) is 4.79 Å². The van der Waals surface area contributed by atoms with Crippen LogP contribution in [0.25, 0.3) is 0 Å². The summed E-state index contributed by atoms with van der Waals surface area (Å²) in [6, 6.07) is 4.64. The summed E-state index contributed by atoms with van der Waals surface area (Å²) in [6.45, 7) is 3.58.